The normalized spacial score (nSPS) is 21.2. The molecule has 1 heterocycles. The smallest absolute Gasteiger partial charge is 0.123 e. The molecule has 1 aromatic rings. The van der Waals surface area contributed by atoms with Crippen LogP contribution >= 0.6 is 0 Å². The lowest BCUT2D eigenvalue weighted by Crippen LogP contribution is -2.44. The molecule has 1 saturated heterocycles. The average molecular weight is 297 g/mol. The van der Waals surface area contributed by atoms with Crippen molar-refractivity contribution >= 4 is 0 Å². The molecule has 2 rings (SSSR count). The number of β-amino-alcohol motifs (C(OH)–C–C–N with tert-alkyl or cyclic N) is 1. The lowest BCUT2D eigenvalue weighted by molar-refractivity contribution is -0.0123. The van der Waals surface area contributed by atoms with Crippen molar-refractivity contribution in [3.8, 4) is 5.75 Å². The molecule has 4 nitrogen and oxygen atoms in total. The van der Waals surface area contributed by atoms with E-state index in [1.807, 2.05) is 6.92 Å². The summed E-state index contributed by atoms with van der Waals surface area (Å²) in [6, 6.07) is 5.82. The summed E-state index contributed by atoms with van der Waals surface area (Å²) >= 11 is 0. The molecule has 0 spiro atoms. The van der Waals surface area contributed by atoms with E-state index in [0.717, 1.165) is 32.5 Å². The minimum absolute atomic E-state index is 0.210. The zero-order valence-electron chi connectivity index (χ0n) is 12.5. The highest BCUT2D eigenvalue weighted by molar-refractivity contribution is 5.22. The number of benzene rings is 1. The zero-order chi connectivity index (χ0) is 15.1. The van der Waals surface area contributed by atoms with Crippen molar-refractivity contribution in [2.24, 2.45) is 0 Å². The molecule has 1 aliphatic heterocycles. The Morgan fingerprint density at radius 3 is 2.86 bits per heavy atom. The van der Waals surface area contributed by atoms with Crippen LogP contribution in [0.15, 0.2) is 24.3 Å². The third-order valence-electron chi connectivity index (χ3n) is 3.59. The van der Waals surface area contributed by atoms with Crippen molar-refractivity contribution in [1.29, 1.82) is 0 Å². The number of ether oxygens (including phenoxy) is 2. The molecule has 21 heavy (non-hydrogen) atoms. The van der Waals surface area contributed by atoms with E-state index in [1.165, 1.54) is 12.1 Å². The van der Waals surface area contributed by atoms with Crippen LogP contribution in [0.4, 0.5) is 4.39 Å². The number of likely N-dealkylation sites (tertiary alicyclic amines) is 1. The Labute approximate surface area is 125 Å². The fraction of sp³-hybridized carbons (Fsp3) is 0.625. The highest BCUT2D eigenvalue weighted by Gasteiger charge is 2.22. The maximum Gasteiger partial charge on any atom is 0.123 e. The molecule has 0 saturated carbocycles. The first-order chi connectivity index (χ1) is 10.2. The second-order valence-corrected chi connectivity index (χ2v) is 5.40. The predicted octanol–water partition coefficient (Wildman–Crippen LogP) is 2.07. The van der Waals surface area contributed by atoms with Gasteiger partial charge in [0.2, 0.25) is 0 Å². The van der Waals surface area contributed by atoms with E-state index >= 15 is 0 Å². The van der Waals surface area contributed by atoms with Crippen LogP contribution in [-0.2, 0) is 4.74 Å². The summed E-state index contributed by atoms with van der Waals surface area (Å²) < 4.78 is 23.9. The molecule has 118 valence electrons. The molecule has 2 unspecified atom stereocenters. The highest BCUT2D eigenvalue weighted by atomic mass is 19.1. The number of hydrogen-bond donors (Lipinski definition) is 1. The van der Waals surface area contributed by atoms with Crippen molar-refractivity contribution in [2.45, 2.75) is 32.0 Å². The second kappa shape index (κ2) is 8.32. The molecular weight excluding hydrogens is 273 g/mol. The highest BCUT2D eigenvalue weighted by Crippen LogP contribution is 2.14. The molecule has 2 atom stereocenters. The summed E-state index contributed by atoms with van der Waals surface area (Å²) in [5.74, 6) is 0.277. The summed E-state index contributed by atoms with van der Waals surface area (Å²) in [5.41, 5.74) is 0. The van der Waals surface area contributed by atoms with Gasteiger partial charge in [0.1, 0.15) is 24.3 Å². The van der Waals surface area contributed by atoms with Gasteiger partial charge in [-0.15, -0.1) is 0 Å². The molecule has 1 aliphatic rings. The van der Waals surface area contributed by atoms with E-state index < -0.39 is 6.10 Å². The van der Waals surface area contributed by atoms with Crippen molar-refractivity contribution < 1.29 is 19.0 Å². The number of rotatable bonds is 7. The summed E-state index contributed by atoms with van der Waals surface area (Å²) in [6.07, 6.45) is 1.90. The topological polar surface area (TPSA) is 41.9 Å². The first-order valence-corrected chi connectivity index (χ1v) is 7.57. The quantitative estimate of drug-likeness (QED) is 0.836. The SMILES string of the molecule is CCOC1CCCN(CC(O)COc2ccc(F)cc2)C1. The second-order valence-electron chi connectivity index (χ2n) is 5.40. The first-order valence-electron chi connectivity index (χ1n) is 7.57. The van der Waals surface area contributed by atoms with Gasteiger partial charge in [0, 0.05) is 19.7 Å². The Bertz CT molecular complexity index is 410. The van der Waals surface area contributed by atoms with E-state index in [2.05, 4.69) is 4.90 Å². The van der Waals surface area contributed by atoms with Crippen LogP contribution in [0.2, 0.25) is 0 Å². The van der Waals surface area contributed by atoms with Gasteiger partial charge in [-0.05, 0) is 50.6 Å². The van der Waals surface area contributed by atoms with Crippen molar-refractivity contribution in [3.05, 3.63) is 30.1 Å². The average Bonchev–Trinajstić information content (AvgIpc) is 2.47. The molecule has 1 aromatic carbocycles. The Morgan fingerprint density at radius 1 is 1.38 bits per heavy atom. The van der Waals surface area contributed by atoms with Gasteiger partial charge in [-0.1, -0.05) is 0 Å². The van der Waals surface area contributed by atoms with Crippen molar-refractivity contribution in [3.63, 3.8) is 0 Å². The summed E-state index contributed by atoms with van der Waals surface area (Å²) in [5, 5.41) is 10.1. The van der Waals surface area contributed by atoms with Crippen LogP contribution < -0.4 is 4.74 Å². The summed E-state index contributed by atoms with van der Waals surface area (Å²) in [6.45, 7) is 5.36. The van der Waals surface area contributed by atoms with E-state index in [0.29, 0.717) is 12.3 Å². The molecule has 1 N–H and O–H groups in total. The first kappa shape index (κ1) is 16.2. The number of hydrogen-bond acceptors (Lipinski definition) is 4. The van der Waals surface area contributed by atoms with Gasteiger partial charge in [-0.3, -0.25) is 4.90 Å². The predicted molar refractivity (Wildman–Crippen MR) is 79.0 cm³/mol. The van der Waals surface area contributed by atoms with E-state index in [-0.39, 0.29) is 18.5 Å². The molecule has 0 aromatic heterocycles. The zero-order valence-corrected chi connectivity index (χ0v) is 12.5. The lowest BCUT2D eigenvalue weighted by atomic mass is 10.1. The third-order valence-corrected chi connectivity index (χ3v) is 3.59. The number of aliphatic hydroxyl groups is 1. The van der Waals surface area contributed by atoms with Gasteiger partial charge in [0.25, 0.3) is 0 Å². The maximum absolute atomic E-state index is 12.8. The molecule has 1 fully saturated rings. The van der Waals surface area contributed by atoms with Gasteiger partial charge in [-0.2, -0.15) is 0 Å². The van der Waals surface area contributed by atoms with Gasteiger partial charge < -0.3 is 14.6 Å². The minimum atomic E-state index is -0.560. The van der Waals surface area contributed by atoms with E-state index in [4.69, 9.17) is 9.47 Å². The molecular formula is C16H24FNO3. The van der Waals surface area contributed by atoms with Crippen LogP contribution in [0.1, 0.15) is 19.8 Å². The standard InChI is InChI=1S/C16H24FNO3/c1-2-20-16-4-3-9-18(11-16)10-14(19)12-21-15-7-5-13(17)6-8-15/h5-8,14,16,19H,2-4,9-12H2,1H3. The third kappa shape index (κ3) is 5.61. The maximum atomic E-state index is 12.8. The van der Waals surface area contributed by atoms with Crippen LogP contribution in [0.3, 0.4) is 0 Å². The van der Waals surface area contributed by atoms with E-state index in [1.54, 1.807) is 12.1 Å². The van der Waals surface area contributed by atoms with Crippen molar-refractivity contribution in [2.75, 3.05) is 32.8 Å². The minimum Gasteiger partial charge on any atom is -0.491 e. The fourth-order valence-electron chi connectivity index (χ4n) is 2.62. The molecule has 5 heteroatoms. The molecule has 0 aliphatic carbocycles. The Hall–Kier alpha value is -1.17. The van der Waals surface area contributed by atoms with Crippen LogP contribution in [0.5, 0.6) is 5.75 Å². The van der Waals surface area contributed by atoms with Crippen LogP contribution in [0, 0.1) is 5.82 Å². The van der Waals surface area contributed by atoms with Gasteiger partial charge >= 0.3 is 0 Å². The van der Waals surface area contributed by atoms with Gasteiger partial charge in [0.05, 0.1) is 6.10 Å². The number of aliphatic hydroxyl groups excluding tert-OH is 1. The Kier molecular flexibility index (Phi) is 6.42. The molecule has 0 bridgehead atoms. The fourth-order valence-corrected chi connectivity index (χ4v) is 2.62. The Balaban J connectivity index is 1.71. The largest absolute Gasteiger partial charge is 0.491 e. The van der Waals surface area contributed by atoms with Crippen LogP contribution in [0.25, 0.3) is 0 Å². The summed E-state index contributed by atoms with van der Waals surface area (Å²) in [4.78, 5) is 2.21. The Morgan fingerprint density at radius 2 is 2.14 bits per heavy atom. The van der Waals surface area contributed by atoms with Crippen molar-refractivity contribution in [1.82, 2.24) is 4.90 Å². The lowest BCUT2D eigenvalue weighted by Gasteiger charge is -2.33. The summed E-state index contributed by atoms with van der Waals surface area (Å²) in [7, 11) is 0. The van der Waals surface area contributed by atoms with Crippen LogP contribution in [-0.4, -0.2) is 55.1 Å². The van der Waals surface area contributed by atoms with Gasteiger partial charge in [0.15, 0.2) is 0 Å². The van der Waals surface area contributed by atoms with Gasteiger partial charge in [-0.25, -0.2) is 4.39 Å². The number of piperidine rings is 1. The number of nitrogens with zero attached hydrogens (tertiary/aromatic N) is 1. The monoisotopic (exact) mass is 297 g/mol. The number of halogens is 1. The molecule has 0 amide bonds. The van der Waals surface area contributed by atoms with E-state index in [9.17, 15) is 9.50 Å². The molecule has 0 radical (unpaired) electrons.